The number of aromatic amines is 1. The van der Waals surface area contributed by atoms with Crippen LogP contribution in [-0.2, 0) is 9.84 Å². The molecule has 0 saturated carbocycles. The van der Waals surface area contributed by atoms with E-state index >= 15 is 0 Å². The van der Waals surface area contributed by atoms with E-state index in [2.05, 4.69) is 4.98 Å². The fraction of sp³-hybridized carbons (Fsp3) is 0.0667. The lowest BCUT2D eigenvalue weighted by Gasteiger charge is -2.07. The molecule has 0 spiro atoms. The third-order valence-electron chi connectivity index (χ3n) is 3.46. The first kappa shape index (κ1) is 12.3. The molecule has 106 valence electrons. The van der Waals surface area contributed by atoms with Gasteiger partial charge in [0.25, 0.3) is 0 Å². The quantitative estimate of drug-likeness (QED) is 0.790. The zero-order valence-corrected chi connectivity index (χ0v) is 11.7. The second-order valence-electron chi connectivity index (χ2n) is 4.68. The fourth-order valence-corrected chi connectivity index (χ4v) is 4.00. The maximum absolute atomic E-state index is 12.8. The van der Waals surface area contributed by atoms with Gasteiger partial charge in [0.1, 0.15) is 0 Å². The second kappa shape index (κ2) is 4.26. The van der Waals surface area contributed by atoms with Crippen molar-refractivity contribution in [3.63, 3.8) is 0 Å². The van der Waals surface area contributed by atoms with Crippen molar-refractivity contribution in [1.82, 2.24) is 4.98 Å². The Morgan fingerprint density at radius 1 is 0.952 bits per heavy atom. The lowest BCUT2D eigenvalue weighted by molar-refractivity contribution is 0.171. The number of fused-ring (bicyclic) bond motifs is 3. The third kappa shape index (κ3) is 1.72. The average Bonchev–Trinajstić information content (AvgIpc) is 3.08. The Morgan fingerprint density at radius 2 is 1.76 bits per heavy atom. The van der Waals surface area contributed by atoms with Crippen LogP contribution >= 0.6 is 0 Å². The molecule has 4 rings (SSSR count). The summed E-state index contributed by atoms with van der Waals surface area (Å²) in [5.41, 5.74) is 0.678. The largest absolute Gasteiger partial charge is 0.451 e. The fourth-order valence-electron chi connectivity index (χ4n) is 2.50. The van der Waals surface area contributed by atoms with Gasteiger partial charge in [-0.25, -0.2) is 8.42 Å². The Labute approximate surface area is 121 Å². The van der Waals surface area contributed by atoms with Crippen molar-refractivity contribution in [2.45, 2.75) is 9.79 Å². The normalized spacial score (nSPS) is 13.7. The molecule has 1 N–H and O–H groups in total. The van der Waals surface area contributed by atoms with Crippen LogP contribution in [-0.4, -0.2) is 20.2 Å². The summed E-state index contributed by atoms with van der Waals surface area (Å²) in [7, 11) is -3.61. The molecule has 1 aliphatic rings. The third-order valence-corrected chi connectivity index (χ3v) is 5.27. The Hall–Kier alpha value is -2.47. The van der Waals surface area contributed by atoms with Crippen molar-refractivity contribution in [3.05, 3.63) is 48.5 Å². The molecule has 0 unspecified atom stereocenters. The molecule has 0 bridgehead atoms. The van der Waals surface area contributed by atoms with Gasteiger partial charge in [-0.1, -0.05) is 24.3 Å². The van der Waals surface area contributed by atoms with E-state index in [1.54, 1.807) is 48.5 Å². The molecule has 21 heavy (non-hydrogen) atoms. The van der Waals surface area contributed by atoms with E-state index in [1.807, 2.05) is 0 Å². The van der Waals surface area contributed by atoms with Gasteiger partial charge in [0, 0.05) is 0 Å². The first-order valence-electron chi connectivity index (χ1n) is 6.38. The zero-order chi connectivity index (χ0) is 14.4. The van der Waals surface area contributed by atoms with E-state index in [9.17, 15) is 8.42 Å². The van der Waals surface area contributed by atoms with Crippen LogP contribution in [0.1, 0.15) is 0 Å². The van der Waals surface area contributed by atoms with Crippen LogP contribution in [0.5, 0.6) is 11.6 Å². The number of nitrogens with one attached hydrogen (secondary N) is 1. The molecule has 6 heteroatoms. The minimum absolute atomic E-state index is 0.0941. The van der Waals surface area contributed by atoms with Crippen molar-refractivity contribution in [2.75, 3.05) is 6.79 Å². The molecule has 3 aromatic rings. The summed E-state index contributed by atoms with van der Waals surface area (Å²) in [5.74, 6) is 0.931. The van der Waals surface area contributed by atoms with Gasteiger partial charge in [-0.2, -0.15) is 0 Å². The lowest BCUT2D eigenvalue weighted by Crippen LogP contribution is -2.03. The SMILES string of the molecule is O=S(=O)(c1ccccc1)c1cccc2[nH]c3c(c12)OCO3. The number of hydrogen-bond donors (Lipinski definition) is 1. The monoisotopic (exact) mass is 301 g/mol. The minimum Gasteiger partial charge on any atom is -0.451 e. The summed E-state index contributed by atoms with van der Waals surface area (Å²) in [6.45, 7) is 0.0941. The maximum atomic E-state index is 12.8. The van der Waals surface area contributed by atoms with Gasteiger partial charge in [-0.05, 0) is 24.3 Å². The molecule has 2 aromatic carbocycles. The molecule has 0 amide bonds. The van der Waals surface area contributed by atoms with Crippen molar-refractivity contribution in [1.29, 1.82) is 0 Å². The van der Waals surface area contributed by atoms with Crippen LogP contribution in [0, 0.1) is 0 Å². The van der Waals surface area contributed by atoms with Crippen LogP contribution in [0.25, 0.3) is 10.9 Å². The summed E-state index contributed by atoms with van der Waals surface area (Å²) in [4.78, 5) is 3.50. The van der Waals surface area contributed by atoms with E-state index in [1.165, 1.54) is 0 Å². The van der Waals surface area contributed by atoms with Gasteiger partial charge in [-0.3, -0.25) is 0 Å². The highest BCUT2D eigenvalue weighted by atomic mass is 32.2. The molecule has 0 fully saturated rings. The van der Waals surface area contributed by atoms with Crippen molar-refractivity contribution in [3.8, 4) is 11.6 Å². The Bertz CT molecular complexity index is 929. The summed E-state index contributed by atoms with van der Waals surface area (Å²) >= 11 is 0. The van der Waals surface area contributed by atoms with Crippen LogP contribution in [0.4, 0.5) is 0 Å². The Kier molecular flexibility index (Phi) is 2.49. The molecular formula is C15H11NO4S. The van der Waals surface area contributed by atoms with Gasteiger partial charge in [0.05, 0.1) is 20.7 Å². The smallest absolute Gasteiger partial charge is 0.238 e. The van der Waals surface area contributed by atoms with Gasteiger partial charge in [0.2, 0.25) is 22.5 Å². The molecule has 1 aromatic heterocycles. The van der Waals surface area contributed by atoms with Crippen molar-refractivity contribution >= 4 is 20.7 Å². The number of aromatic nitrogens is 1. The lowest BCUT2D eigenvalue weighted by atomic mass is 10.2. The van der Waals surface area contributed by atoms with E-state index in [0.29, 0.717) is 22.5 Å². The van der Waals surface area contributed by atoms with Crippen LogP contribution in [0.3, 0.4) is 0 Å². The number of sulfone groups is 1. The first-order chi connectivity index (χ1) is 10.2. The van der Waals surface area contributed by atoms with Gasteiger partial charge in [-0.15, -0.1) is 0 Å². The summed E-state index contributed by atoms with van der Waals surface area (Å²) in [6.07, 6.45) is 0. The van der Waals surface area contributed by atoms with E-state index < -0.39 is 9.84 Å². The zero-order valence-electron chi connectivity index (χ0n) is 10.9. The molecule has 0 aliphatic carbocycles. The molecule has 0 atom stereocenters. The summed E-state index contributed by atoms with van der Waals surface area (Å²) in [6, 6.07) is 13.4. The first-order valence-corrected chi connectivity index (χ1v) is 7.87. The summed E-state index contributed by atoms with van der Waals surface area (Å²) < 4.78 is 36.4. The number of H-pyrrole nitrogens is 1. The predicted octanol–water partition coefficient (Wildman–Crippen LogP) is 2.73. The topological polar surface area (TPSA) is 68.4 Å². The highest BCUT2D eigenvalue weighted by molar-refractivity contribution is 7.91. The van der Waals surface area contributed by atoms with E-state index in [0.717, 1.165) is 0 Å². The predicted molar refractivity (Wildman–Crippen MR) is 76.3 cm³/mol. The number of benzene rings is 2. The average molecular weight is 301 g/mol. The minimum atomic E-state index is -3.61. The summed E-state index contributed by atoms with van der Waals surface area (Å²) in [5, 5.41) is 0.536. The van der Waals surface area contributed by atoms with Gasteiger partial charge in [0.15, 0.2) is 5.75 Å². The van der Waals surface area contributed by atoms with Crippen molar-refractivity contribution in [2.24, 2.45) is 0 Å². The van der Waals surface area contributed by atoms with E-state index in [4.69, 9.17) is 9.47 Å². The second-order valence-corrected chi connectivity index (χ2v) is 6.60. The highest BCUT2D eigenvalue weighted by Gasteiger charge is 2.28. The van der Waals surface area contributed by atoms with Crippen LogP contribution in [0.2, 0.25) is 0 Å². The standard InChI is InChI=1S/C15H11NO4S/c17-21(18,10-5-2-1-3-6-10)12-8-4-7-11-13(12)14-15(16-11)20-9-19-14/h1-8,16H,9H2. The molecular weight excluding hydrogens is 290 g/mol. The highest BCUT2D eigenvalue weighted by Crippen LogP contribution is 2.43. The number of rotatable bonds is 2. The van der Waals surface area contributed by atoms with Gasteiger partial charge < -0.3 is 14.5 Å². The molecule has 0 radical (unpaired) electrons. The van der Waals surface area contributed by atoms with Crippen LogP contribution in [0.15, 0.2) is 58.3 Å². The number of ether oxygens (including phenoxy) is 2. The maximum Gasteiger partial charge on any atom is 0.238 e. The molecule has 2 heterocycles. The Balaban J connectivity index is 2.03. The van der Waals surface area contributed by atoms with E-state index in [-0.39, 0.29) is 16.6 Å². The molecule has 0 saturated heterocycles. The Morgan fingerprint density at radius 3 is 2.57 bits per heavy atom. The van der Waals surface area contributed by atoms with Gasteiger partial charge >= 0.3 is 0 Å². The van der Waals surface area contributed by atoms with Crippen LogP contribution < -0.4 is 9.47 Å². The molecule has 5 nitrogen and oxygen atoms in total. The van der Waals surface area contributed by atoms with Crippen molar-refractivity contribution < 1.29 is 17.9 Å². The molecule has 1 aliphatic heterocycles. The number of hydrogen-bond acceptors (Lipinski definition) is 4.